The minimum atomic E-state index is 0.224. The molecule has 0 aliphatic heterocycles. The Labute approximate surface area is 119 Å². The zero-order chi connectivity index (χ0) is 14.5. The summed E-state index contributed by atoms with van der Waals surface area (Å²) in [4.78, 5) is 2.06. The van der Waals surface area contributed by atoms with Crippen LogP contribution in [0.2, 0.25) is 0 Å². The third kappa shape index (κ3) is 3.86. The highest BCUT2D eigenvalue weighted by atomic mass is 15.0. The molecule has 0 aromatic rings. The molecule has 1 nitrogen and oxygen atoms in total. The van der Waals surface area contributed by atoms with E-state index in [0.717, 1.165) is 0 Å². The molecule has 0 saturated heterocycles. The number of nitrogens with zero attached hydrogens (tertiary/aromatic N) is 1. The quantitative estimate of drug-likeness (QED) is 0.491. The van der Waals surface area contributed by atoms with Gasteiger partial charge in [-0.3, -0.25) is 0 Å². The molecular formula is C18H29N. The van der Waals surface area contributed by atoms with Crippen molar-refractivity contribution in [2.24, 2.45) is 5.41 Å². The minimum Gasteiger partial charge on any atom is -0.383 e. The highest BCUT2D eigenvalue weighted by Gasteiger charge is 2.36. The van der Waals surface area contributed by atoms with Crippen LogP contribution >= 0.6 is 0 Å². The Morgan fingerprint density at radius 1 is 1.16 bits per heavy atom. The van der Waals surface area contributed by atoms with Crippen molar-refractivity contribution < 1.29 is 0 Å². The summed E-state index contributed by atoms with van der Waals surface area (Å²) in [5.41, 5.74) is 4.26. The second-order valence-electron chi connectivity index (χ2n) is 5.95. The Hall–Kier alpha value is -1.24. The van der Waals surface area contributed by atoms with E-state index in [1.165, 1.54) is 42.4 Å². The van der Waals surface area contributed by atoms with Crippen molar-refractivity contribution in [3.8, 4) is 0 Å². The summed E-state index contributed by atoms with van der Waals surface area (Å²) in [6, 6.07) is 0. The maximum Gasteiger partial charge on any atom is 0.0153 e. The third-order valence-corrected chi connectivity index (χ3v) is 4.30. The van der Waals surface area contributed by atoms with Crippen molar-refractivity contribution >= 4 is 0 Å². The van der Waals surface area contributed by atoms with Gasteiger partial charge in [0.1, 0.15) is 0 Å². The molecular weight excluding hydrogens is 230 g/mol. The van der Waals surface area contributed by atoms with E-state index in [2.05, 4.69) is 56.7 Å². The fourth-order valence-electron chi connectivity index (χ4n) is 2.95. The minimum absolute atomic E-state index is 0.224. The molecule has 0 atom stereocenters. The number of rotatable bonds is 5. The van der Waals surface area contributed by atoms with Crippen LogP contribution in [0.4, 0.5) is 0 Å². The zero-order valence-corrected chi connectivity index (χ0v) is 13.3. The molecule has 1 heteroatoms. The maximum atomic E-state index is 4.38. The SMILES string of the molecule is C=C(/C=C(C)/C=C\N(C)C)C1(/C(C)=C/C)CCCC1. The third-order valence-electron chi connectivity index (χ3n) is 4.30. The van der Waals surface area contributed by atoms with E-state index >= 15 is 0 Å². The lowest BCUT2D eigenvalue weighted by Crippen LogP contribution is -2.19. The highest BCUT2D eigenvalue weighted by molar-refractivity contribution is 5.38. The molecule has 0 N–H and O–H groups in total. The highest BCUT2D eigenvalue weighted by Crippen LogP contribution is 2.49. The van der Waals surface area contributed by atoms with Crippen LogP contribution in [0.15, 0.2) is 47.7 Å². The van der Waals surface area contributed by atoms with E-state index in [-0.39, 0.29) is 5.41 Å². The summed E-state index contributed by atoms with van der Waals surface area (Å²) in [7, 11) is 4.09. The summed E-state index contributed by atoms with van der Waals surface area (Å²) in [6.45, 7) is 10.9. The summed E-state index contributed by atoms with van der Waals surface area (Å²) in [5, 5.41) is 0. The van der Waals surface area contributed by atoms with Crippen molar-refractivity contribution in [1.29, 1.82) is 0 Å². The average molecular weight is 259 g/mol. The van der Waals surface area contributed by atoms with E-state index in [4.69, 9.17) is 0 Å². The molecule has 1 fully saturated rings. The molecule has 106 valence electrons. The van der Waals surface area contributed by atoms with Gasteiger partial charge in [-0.1, -0.05) is 37.1 Å². The van der Waals surface area contributed by atoms with Gasteiger partial charge in [0.15, 0.2) is 0 Å². The van der Waals surface area contributed by atoms with Crippen molar-refractivity contribution in [2.45, 2.75) is 46.5 Å². The maximum absolute atomic E-state index is 4.38. The van der Waals surface area contributed by atoms with E-state index in [9.17, 15) is 0 Å². The Bertz CT molecular complexity index is 401. The lowest BCUT2D eigenvalue weighted by Gasteiger charge is -2.31. The lowest BCUT2D eigenvalue weighted by atomic mass is 9.72. The molecule has 19 heavy (non-hydrogen) atoms. The summed E-state index contributed by atoms with van der Waals surface area (Å²) >= 11 is 0. The lowest BCUT2D eigenvalue weighted by molar-refractivity contribution is 0.456. The summed E-state index contributed by atoms with van der Waals surface area (Å²) < 4.78 is 0. The fourth-order valence-corrected chi connectivity index (χ4v) is 2.95. The molecule has 1 rings (SSSR count). The first-order chi connectivity index (χ1) is 8.92. The number of allylic oxidation sites excluding steroid dienone is 6. The van der Waals surface area contributed by atoms with Gasteiger partial charge in [-0.05, 0) is 57.0 Å². The molecule has 0 bridgehead atoms. The van der Waals surface area contributed by atoms with Crippen molar-refractivity contribution in [3.63, 3.8) is 0 Å². The standard InChI is InChI=1S/C18H29N/c1-7-16(3)18(11-8-9-12-18)17(4)14-15(2)10-13-19(5)6/h7,10,13-14H,4,8-9,11-12H2,1-3,5-6H3/b13-10-,15-14+,16-7+. The predicted octanol–water partition coefficient (Wildman–Crippen LogP) is 5.09. The predicted molar refractivity (Wildman–Crippen MR) is 86.1 cm³/mol. The monoisotopic (exact) mass is 259 g/mol. The van der Waals surface area contributed by atoms with Crippen molar-refractivity contribution in [1.82, 2.24) is 4.90 Å². The molecule has 0 aromatic heterocycles. The van der Waals surface area contributed by atoms with Gasteiger partial charge < -0.3 is 4.90 Å². The largest absolute Gasteiger partial charge is 0.383 e. The van der Waals surface area contributed by atoms with Crippen LogP contribution in [0.5, 0.6) is 0 Å². The van der Waals surface area contributed by atoms with Gasteiger partial charge in [-0.15, -0.1) is 0 Å². The van der Waals surface area contributed by atoms with Crippen LogP contribution in [0.3, 0.4) is 0 Å². The first-order valence-corrected chi connectivity index (χ1v) is 7.28. The molecule has 1 aliphatic rings. The van der Waals surface area contributed by atoms with Gasteiger partial charge >= 0.3 is 0 Å². The first-order valence-electron chi connectivity index (χ1n) is 7.28. The Morgan fingerprint density at radius 2 is 1.74 bits per heavy atom. The Kier molecular flexibility index (Phi) is 5.65. The van der Waals surface area contributed by atoms with E-state index in [0.29, 0.717) is 0 Å². The van der Waals surface area contributed by atoms with Crippen LogP contribution in [0, 0.1) is 5.41 Å². The molecule has 0 heterocycles. The van der Waals surface area contributed by atoms with Gasteiger partial charge in [-0.25, -0.2) is 0 Å². The smallest absolute Gasteiger partial charge is 0.0153 e. The van der Waals surface area contributed by atoms with Gasteiger partial charge in [-0.2, -0.15) is 0 Å². The second kappa shape index (κ2) is 6.79. The van der Waals surface area contributed by atoms with Crippen molar-refractivity contribution in [3.05, 3.63) is 47.7 Å². The first kappa shape index (κ1) is 15.8. The normalized spacial score (nSPS) is 20.1. The second-order valence-corrected chi connectivity index (χ2v) is 5.95. The van der Waals surface area contributed by atoms with Crippen LogP contribution in [0.1, 0.15) is 46.5 Å². The van der Waals surface area contributed by atoms with Crippen molar-refractivity contribution in [2.75, 3.05) is 14.1 Å². The summed E-state index contributed by atoms with van der Waals surface area (Å²) in [5.74, 6) is 0. The van der Waals surface area contributed by atoms with Crippen LogP contribution in [-0.2, 0) is 0 Å². The van der Waals surface area contributed by atoms with E-state index in [1.807, 2.05) is 14.1 Å². The molecule has 0 amide bonds. The Morgan fingerprint density at radius 3 is 2.21 bits per heavy atom. The molecule has 0 radical (unpaired) electrons. The molecule has 0 spiro atoms. The molecule has 0 aromatic carbocycles. The molecule has 1 saturated carbocycles. The van der Waals surface area contributed by atoms with Gasteiger partial charge in [0.05, 0.1) is 0 Å². The fraction of sp³-hybridized carbons (Fsp3) is 0.556. The summed E-state index contributed by atoms with van der Waals surface area (Å²) in [6.07, 6.45) is 13.9. The Balaban J connectivity index is 2.93. The van der Waals surface area contributed by atoms with Gasteiger partial charge in [0, 0.05) is 19.5 Å². The van der Waals surface area contributed by atoms with Crippen LogP contribution in [0.25, 0.3) is 0 Å². The zero-order valence-electron chi connectivity index (χ0n) is 13.3. The average Bonchev–Trinajstić information content (AvgIpc) is 2.86. The van der Waals surface area contributed by atoms with Gasteiger partial charge in [0.2, 0.25) is 0 Å². The number of hydrogen-bond acceptors (Lipinski definition) is 1. The topological polar surface area (TPSA) is 3.24 Å². The molecule has 1 aliphatic carbocycles. The van der Waals surface area contributed by atoms with E-state index < -0.39 is 0 Å². The van der Waals surface area contributed by atoms with E-state index in [1.54, 1.807) is 0 Å². The molecule has 0 unspecified atom stereocenters. The van der Waals surface area contributed by atoms with Crippen LogP contribution < -0.4 is 0 Å². The van der Waals surface area contributed by atoms with Gasteiger partial charge in [0.25, 0.3) is 0 Å². The van der Waals surface area contributed by atoms with Crippen LogP contribution in [-0.4, -0.2) is 19.0 Å². The number of hydrogen-bond donors (Lipinski definition) is 0.